The van der Waals surface area contributed by atoms with E-state index in [0.29, 0.717) is 12.8 Å². The number of carbonyl (C=O) groups excluding carboxylic acids is 4. The van der Waals surface area contributed by atoms with Crippen LogP contribution in [0, 0.1) is 11.8 Å². The quantitative estimate of drug-likeness (QED) is 0.422. The number of fused-ring (bicyclic) bond motifs is 2. The average molecular weight is 410 g/mol. The zero-order valence-corrected chi connectivity index (χ0v) is 17.2. The van der Waals surface area contributed by atoms with Crippen molar-refractivity contribution in [3.05, 3.63) is 42.0 Å². The monoisotopic (exact) mass is 410 g/mol. The van der Waals surface area contributed by atoms with Crippen molar-refractivity contribution >= 4 is 29.4 Å². The molecule has 1 aliphatic carbocycles. The summed E-state index contributed by atoms with van der Waals surface area (Å²) in [6.07, 6.45) is 4.69. The van der Waals surface area contributed by atoms with Crippen molar-refractivity contribution in [1.82, 2.24) is 4.90 Å². The molecule has 0 aromatic heterocycles. The molecule has 0 spiro atoms. The number of amides is 3. The van der Waals surface area contributed by atoms with Crippen LogP contribution in [0.15, 0.2) is 36.4 Å². The number of carbonyl (C=O) groups is 4. The van der Waals surface area contributed by atoms with Crippen LogP contribution in [-0.4, -0.2) is 47.3 Å². The van der Waals surface area contributed by atoms with Crippen molar-refractivity contribution in [2.75, 3.05) is 11.4 Å². The van der Waals surface area contributed by atoms with E-state index in [1.165, 1.54) is 4.90 Å². The molecule has 0 unspecified atom stereocenters. The summed E-state index contributed by atoms with van der Waals surface area (Å²) in [7, 11) is 0. The zero-order chi connectivity index (χ0) is 21.4. The number of imide groups is 1. The Kier molecular flexibility index (Phi) is 5.45. The standard InChI is InChI=1S/C23H26N2O5/c1-14-13-16-7-3-6-10-19(16)25(14)21(27)15(2)30-20(26)11-12-24-22(28)17-8-4-5-9-18(17)23(24)29/h3-7,10,14-15,17-18H,8-9,11-13H2,1-2H3/t14-,15+,17-,18+/m1/s1. The van der Waals surface area contributed by atoms with Gasteiger partial charge in [0.1, 0.15) is 0 Å². The highest BCUT2D eigenvalue weighted by Crippen LogP contribution is 2.35. The summed E-state index contributed by atoms with van der Waals surface area (Å²) in [4.78, 5) is 53.1. The molecular formula is C23H26N2O5. The van der Waals surface area contributed by atoms with Gasteiger partial charge < -0.3 is 9.64 Å². The van der Waals surface area contributed by atoms with Crippen molar-refractivity contribution in [2.24, 2.45) is 11.8 Å². The molecule has 1 aromatic rings. The summed E-state index contributed by atoms with van der Waals surface area (Å²) >= 11 is 0. The molecule has 158 valence electrons. The molecule has 7 nitrogen and oxygen atoms in total. The minimum absolute atomic E-state index is 0.00659. The predicted molar refractivity (Wildman–Crippen MR) is 109 cm³/mol. The highest BCUT2D eigenvalue weighted by atomic mass is 16.5. The molecule has 3 amide bonds. The first-order valence-electron chi connectivity index (χ1n) is 10.5. The molecule has 3 aliphatic rings. The Bertz CT molecular complexity index is 898. The molecular weight excluding hydrogens is 384 g/mol. The number of allylic oxidation sites excluding steroid dienone is 2. The maximum Gasteiger partial charge on any atom is 0.308 e. The molecule has 4 rings (SSSR count). The zero-order valence-electron chi connectivity index (χ0n) is 17.2. The van der Waals surface area contributed by atoms with Crippen molar-refractivity contribution in [3.63, 3.8) is 0 Å². The maximum atomic E-state index is 12.9. The number of ether oxygens (including phenoxy) is 1. The van der Waals surface area contributed by atoms with Crippen molar-refractivity contribution in [2.45, 2.75) is 51.7 Å². The largest absolute Gasteiger partial charge is 0.452 e. The SMILES string of the molecule is C[C@H](OC(=O)CCN1C(=O)[C@H]2CC=CC[C@H]2C1=O)C(=O)N1c2ccccc2C[C@H]1C. The molecule has 2 aliphatic heterocycles. The first kappa shape index (κ1) is 20.3. The van der Waals surface area contributed by atoms with Crippen LogP contribution in [0.5, 0.6) is 0 Å². The van der Waals surface area contributed by atoms with E-state index in [4.69, 9.17) is 4.74 Å². The Morgan fingerprint density at radius 3 is 2.40 bits per heavy atom. The molecule has 1 saturated heterocycles. The number of nitrogens with zero attached hydrogens (tertiary/aromatic N) is 2. The van der Waals surface area contributed by atoms with Gasteiger partial charge in [-0.15, -0.1) is 0 Å². The van der Waals surface area contributed by atoms with Crippen molar-refractivity contribution in [1.29, 1.82) is 0 Å². The van der Waals surface area contributed by atoms with Gasteiger partial charge in [0.2, 0.25) is 11.8 Å². The van der Waals surface area contributed by atoms with E-state index in [1.54, 1.807) is 11.8 Å². The number of benzene rings is 1. The molecule has 0 radical (unpaired) electrons. The summed E-state index contributed by atoms with van der Waals surface area (Å²) in [6, 6.07) is 7.70. The molecule has 30 heavy (non-hydrogen) atoms. The molecule has 1 aromatic carbocycles. The van der Waals surface area contributed by atoms with Gasteiger partial charge in [0.25, 0.3) is 5.91 Å². The first-order chi connectivity index (χ1) is 14.4. The number of anilines is 1. The van der Waals surface area contributed by atoms with E-state index in [2.05, 4.69) is 0 Å². The predicted octanol–water partition coefficient (Wildman–Crippen LogP) is 2.24. The molecule has 0 N–H and O–H groups in total. The fourth-order valence-corrected chi connectivity index (χ4v) is 4.70. The van der Waals surface area contributed by atoms with E-state index in [1.807, 2.05) is 43.3 Å². The molecule has 4 atom stereocenters. The minimum Gasteiger partial charge on any atom is -0.452 e. The highest BCUT2D eigenvalue weighted by molar-refractivity contribution is 6.05. The Labute approximate surface area is 175 Å². The van der Waals surface area contributed by atoms with E-state index in [-0.39, 0.29) is 48.6 Å². The Morgan fingerprint density at radius 1 is 1.10 bits per heavy atom. The van der Waals surface area contributed by atoms with Gasteiger partial charge in [-0.05, 0) is 44.7 Å². The van der Waals surface area contributed by atoms with Crippen LogP contribution >= 0.6 is 0 Å². The third-order valence-electron chi connectivity index (χ3n) is 6.24. The van der Waals surface area contributed by atoms with Gasteiger partial charge in [0.05, 0.1) is 18.3 Å². The molecule has 0 bridgehead atoms. The highest BCUT2D eigenvalue weighted by Gasteiger charge is 2.47. The van der Waals surface area contributed by atoms with Crippen LogP contribution in [0.4, 0.5) is 5.69 Å². The van der Waals surface area contributed by atoms with E-state index in [9.17, 15) is 19.2 Å². The molecule has 1 fully saturated rings. The fraction of sp³-hybridized carbons (Fsp3) is 0.478. The van der Waals surface area contributed by atoms with Crippen LogP contribution in [0.2, 0.25) is 0 Å². The Hall–Kier alpha value is -2.96. The third kappa shape index (κ3) is 3.53. The van der Waals surface area contributed by atoms with Gasteiger partial charge in [-0.25, -0.2) is 0 Å². The van der Waals surface area contributed by atoms with Crippen molar-refractivity contribution in [3.8, 4) is 0 Å². The van der Waals surface area contributed by atoms with Crippen LogP contribution in [0.3, 0.4) is 0 Å². The number of hydrogen-bond donors (Lipinski definition) is 0. The van der Waals surface area contributed by atoms with E-state index < -0.39 is 12.1 Å². The Balaban J connectivity index is 1.33. The van der Waals surface area contributed by atoms with E-state index in [0.717, 1.165) is 17.7 Å². The maximum absolute atomic E-state index is 12.9. The van der Waals surface area contributed by atoms with Gasteiger partial charge in [-0.2, -0.15) is 0 Å². The number of hydrogen-bond acceptors (Lipinski definition) is 5. The normalized spacial score (nSPS) is 25.9. The number of para-hydroxylation sites is 1. The number of likely N-dealkylation sites (tertiary alicyclic amines) is 1. The minimum atomic E-state index is -0.942. The molecule has 0 saturated carbocycles. The van der Waals surface area contributed by atoms with Gasteiger partial charge >= 0.3 is 5.97 Å². The average Bonchev–Trinajstić information content (AvgIpc) is 3.19. The fourth-order valence-electron chi connectivity index (χ4n) is 4.70. The summed E-state index contributed by atoms with van der Waals surface area (Å²) in [5.41, 5.74) is 1.95. The molecule has 7 heteroatoms. The summed E-state index contributed by atoms with van der Waals surface area (Å²) < 4.78 is 5.35. The Morgan fingerprint density at radius 2 is 1.73 bits per heavy atom. The third-order valence-corrected chi connectivity index (χ3v) is 6.24. The number of esters is 1. The van der Waals surface area contributed by atoms with Crippen molar-refractivity contribution < 1.29 is 23.9 Å². The lowest BCUT2D eigenvalue weighted by Crippen LogP contribution is -2.43. The van der Waals surface area contributed by atoms with Crippen LogP contribution in [0.1, 0.15) is 38.7 Å². The summed E-state index contributed by atoms with van der Waals surface area (Å²) in [5.74, 6) is -1.91. The van der Waals surface area contributed by atoms with E-state index >= 15 is 0 Å². The van der Waals surface area contributed by atoms with Crippen LogP contribution in [-0.2, 0) is 30.3 Å². The van der Waals surface area contributed by atoms with Gasteiger partial charge in [0.15, 0.2) is 6.10 Å². The lowest BCUT2D eigenvalue weighted by Gasteiger charge is -2.26. The first-order valence-corrected chi connectivity index (χ1v) is 10.5. The smallest absolute Gasteiger partial charge is 0.308 e. The second-order valence-corrected chi connectivity index (χ2v) is 8.26. The number of rotatable bonds is 5. The van der Waals surface area contributed by atoms with Gasteiger partial charge in [-0.3, -0.25) is 24.1 Å². The lowest BCUT2D eigenvalue weighted by molar-refractivity contribution is -0.154. The topological polar surface area (TPSA) is 84.0 Å². The van der Waals surface area contributed by atoms with Crippen LogP contribution < -0.4 is 4.90 Å². The molecule has 2 heterocycles. The summed E-state index contributed by atoms with van der Waals surface area (Å²) in [5, 5.41) is 0. The lowest BCUT2D eigenvalue weighted by atomic mass is 9.85. The summed E-state index contributed by atoms with van der Waals surface area (Å²) in [6.45, 7) is 3.51. The van der Waals surface area contributed by atoms with Crippen LogP contribution in [0.25, 0.3) is 0 Å². The second-order valence-electron chi connectivity index (χ2n) is 8.26. The van der Waals surface area contributed by atoms with Gasteiger partial charge in [0, 0.05) is 18.3 Å². The second kappa shape index (κ2) is 8.05. The van der Waals surface area contributed by atoms with Gasteiger partial charge in [-0.1, -0.05) is 30.4 Å².